The van der Waals surface area contributed by atoms with Gasteiger partial charge in [-0.3, -0.25) is 0 Å². The van der Waals surface area contributed by atoms with E-state index in [4.69, 9.17) is 16.3 Å². The second-order valence-electron chi connectivity index (χ2n) is 6.27. The van der Waals surface area contributed by atoms with Gasteiger partial charge < -0.3 is 10.1 Å². The second kappa shape index (κ2) is 5.60. The molecule has 0 spiro atoms. The highest BCUT2D eigenvalue weighted by molar-refractivity contribution is 6.30. The Morgan fingerprint density at radius 1 is 1.14 bits per heavy atom. The van der Waals surface area contributed by atoms with Crippen LogP contribution in [0, 0.1) is 5.92 Å². The normalized spacial score (nSPS) is 26.4. The molecule has 1 aliphatic carbocycles. The van der Waals surface area contributed by atoms with E-state index in [9.17, 15) is 0 Å². The lowest BCUT2D eigenvalue weighted by Crippen LogP contribution is -2.32. The summed E-state index contributed by atoms with van der Waals surface area (Å²) in [6.07, 6.45) is 2.50. The van der Waals surface area contributed by atoms with E-state index < -0.39 is 0 Å². The van der Waals surface area contributed by atoms with Crippen molar-refractivity contribution in [2.75, 3.05) is 13.7 Å². The fourth-order valence-electron chi connectivity index (χ4n) is 4.20. The summed E-state index contributed by atoms with van der Waals surface area (Å²) in [4.78, 5) is 0. The third-order valence-corrected chi connectivity index (χ3v) is 5.34. The molecule has 3 heteroatoms. The molecule has 22 heavy (non-hydrogen) atoms. The van der Waals surface area contributed by atoms with Crippen LogP contribution in [0.1, 0.15) is 41.5 Å². The third-order valence-electron chi connectivity index (χ3n) is 5.11. The summed E-state index contributed by atoms with van der Waals surface area (Å²) in [6, 6.07) is 15.3. The van der Waals surface area contributed by atoms with E-state index in [0.717, 1.165) is 17.3 Å². The topological polar surface area (TPSA) is 21.3 Å². The van der Waals surface area contributed by atoms with E-state index >= 15 is 0 Å². The molecule has 2 aliphatic rings. The zero-order valence-electron chi connectivity index (χ0n) is 12.7. The number of fused-ring (bicyclic) bond motifs is 3. The number of piperidine rings is 1. The number of benzene rings is 2. The molecule has 3 atom stereocenters. The van der Waals surface area contributed by atoms with E-state index in [0.29, 0.717) is 17.9 Å². The van der Waals surface area contributed by atoms with Gasteiger partial charge in [0.05, 0.1) is 7.11 Å². The van der Waals surface area contributed by atoms with Crippen LogP contribution in [-0.2, 0) is 0 Å². The van der Waals surface area contributed by atoms with Crippen LogP contribution in [0.5, 0.6) is 5.75 Å². The van der Waals surface area contributed by atoms with Gasteiger partial charge in [-0.2, -0.15) is 0 Å². The van der Waals surface area contributed by atoms with Crippen LogP contribution in [0.3, 0.4) is 0 Å². The molecule has 1 N–H and O–H groups in total. The maximum Gasteiger partial charge on any atom is 0.119 e. The summed E-state index contributed by atoms with van der Waals surface area (Å²) in [5.74, 6) is 1.98. The van der Waals surface area contributed by atoms with E-state index in [2.05, 4.69) is 41.7 Å². The maximum atomic E-state index is 6.24. The molecule has 2 nitrogen and oxygen atoms in total. The van der Waals surface area contributed by atoms with Crippen LogP contribution in [0.15, 0.2) is 42.5 Å². The van der Waals surface area contributed by atoms with E-state index in [1.165, 1.54) is 29.5 Å². The molecule has 2 aromatic rings. The minimum atomic E-state index is 0.428. The maximum absolute atomic E-state index is 6.24. The Morgan fingerprint density at radius 3 is 2.86 bits per heavy atom. The van der Waals surface area contributed by atoms with Gasteiger partial charge >= 0.3 is 0 Å². The van der Waals surface area contributed by atoms with Crippen LogP contribution in [0.25, 0.3) is 0 Å². The number of hydrogen-bond donors (Lipinski definition) is 1. The number of methoxy groups -OCH3 is 1. The Hall–Kier alpha value is -1.51. The van der Waals surface area contributed by atoms with Crippen molar-refractivity contribution < 1.29 is 4.74 Å². The van der Waals surface area contributed by atoms with Crippen LogP contribution in [-0.4, -0.2) is 13.7 Å². The predicted octanol–water partition coefficient (Wildman–Crippen LogP) is 4.53. The minimum Gasteiger partial charge on any atom is -0.497 e. The first-order valence-electron chi connectivity index (χ1n) is 7.94. The van der Waals surface area contributed by atoms with Gasteiger partial charge in [0.1, 0.15) is 5.75 Å². The molecule has 3 unspecified atom stereocenters. The van der Waals surface area contributed by atoms with Gasteiger partial charge in [0.2, 0.25) is 0 Å². The van der Waals surface area contributed by atoms with Crippen LogP contribution in [0.4, 0.5) is 0 Å². The fraction of sp³-hybridized carbons (Fsp3) is 0.368. The van der Waals surface area contributed by atoms with E-state index in [1.54, 1.807) is 7.11 Å². The number of nitrogens with one attached hydrogen (secondary N) is 1. The van der Waals surface area contributed by atoms with E-state index in [-0.39, 0.29) is 0 Å². The Kier molecular flexibility index (Phi) is 3.59. The van der Waals surface area contributed by atoms with Gasteiger partial charge in [-0.05, 0) is 66.3 Å². The lowest BCUT2D eigenvalue weighted by molar-refractivity contribution is 0.286. The Bertz CT molecular complexity index is 700. The quantitative estimate of drug-likeness (QED) is 0.879. The van der Waals surface area contributed by atoms with Crippen molar-refractivity contribution in [3.63, 3.8) is 0 Å². The molecular formula is C19H20ClNO. The van der Waals surface area contributed by atoms with Crippen LogP contribution in [0.2, 0.25) is 5.02 Å². The van der Waals surface area contributed by atoms with Crippen molar-refractivity contribution >= 4 is 11.6 Å². The molecule has 0 radical (unpaired) electrons. The third kappa shape index (κ3) is 2.22. The number of halogens is 1. The van der Waals surface area contributed by atoms with Crippen molar-refractivity contribution in [3.8, 4) is 5.75 Å². The molecule has 2 aromatic carbocycles. The molecule has 0 saturated carbocycles. The monoisotopic (exact) mass is 313 g/mol. The zero-order valence-corrected chi connectivity index (χ0v) is 13.4. The van der Waals surface area contributed by atoms with Crippen LogP contribution >= 0.6 is 11.6 Å². The molecular weight excluding hydrogens is 294 g/mol. The molecule has 1 fully saturated rings. The van der Waals surface area contributed by atoms with Crippen molar-refractivity contribution in [2.45, 2.75) is 24.8 Å². The summed E-state index contributed by atoms with van der Waals surface area (Å²) >= 11 is 6.24. The average molecular weight is 314 g/mol. The van der Waals surface area contributed by atoms with Gasteiger partial charge in [0.15, 0.2) is 0 Å². The SMILES string of the molecule is COc1ccc2c(c1)C1NCCCC1C2c1cccc(Cl)c1. The summed E-state index contributed by atoms with van der Waals surface area (Å²) in [7, 11) is 1.73. The van der Waals surface area contributed by atoms with Crippen molar-refractivity contribution in [2.24, 2.45) is 5.92 Å². The molecule has 4 rings (SSSR count). The van der Waals surface area contributed by atoms with Gasteiger partial charge in [0, 0.05) is 17.0 Å². The minimum absolute atomic E-state index is 0.428. The number of hydrogen-bond acceptors (Lipinski definition) is 2. The largest absolute Gasteiger partial charge is 0.497 e. The average Bonchev–Trinajstić information content (AvgIpc) is 2.88. The predicted molar refractivity (Wildman–Crippen MR) is 89.8 cm³/mol. The molecule has 1 aliphatic heterocycles. The highest BCUT2D eigenvalue weighted by Crippen LogP contribution is 2.52. The van der Waals surface area contributed by atoms with Gasteiger partial charge in [-0.1, -0.05) is 29.8 Å². The highest BCUT2D eigenvalue weighted by atomic mass is 35.5. The molecule has 1 saturated heterocycles. The second-order valence-corrected chi connectivity index (χ2v) is 6.70. The molecule has 114 valence electrons. The smallest absolute Gasteiger partial charge is 0.119 e. The Morgan fingerprint density at radius 2 is 2.05 bits per heavy atom. The highest BCUT2D eigenvalue weighted by Gasteiger charge is 2.42. The number of rotatable bonds is 2. The standard InChI is InChI=1S/C19H20ClNO/c1-22-14-7-8-15-17(11-14)19-16(6-3-9-21-19)18(15)12-4-2-5-13(20)10-12/h2,4-5,7-8,10-11,16,18-19,21H,3,6,9H2,1H3. The lowest BCUT2D eigenvalue weighted by Gasteiger charge is -2.31. The summed E-state index contributed by atoms with van der Waals surface area (Å²) < 4.78 is 5.43. The first-order chi connectivity index (χ1) is 10.8. The summed E-state index contributed by atoms with van der Waals surface area (Å²) in [5.41, 5.74) is 4.15. The van der Waals surface area contributed by atoms with Gasteiger partial charge in [0.25, 0.3) is 0 Å². The first-order valence-corrected chi connectivity index (χ1v) is 8.32. The Balaban J connectivity index is 1.84. The van der Waals surface area contributed by atoms with Crippen molar-refractivity contribution in [1.29, 1.82) is 0 Å². The number of ether oxygens (including phenoxy) is 1. The molecule has 0 aromatic heterocycles. The zero-order chi connectivity index (χ0) is 15.1. The molecule has 0 bridgehead atoms. The molecule has 1 heterocycles. The molecule has 0 amide bonds. The van der Waals surface area contributed by atoms with Gasteiger partial charge in [-0.25, -0.2) is 0 Å². The van der Waals surface area contributed by atoms with Crippen molar-refractivity contribution in [1.82, 2.24) is 5.32 Å². The summed E-state index contributed by atoms with van der Waals surface area (Å²) in [6.45, 7) is 1.10. The van der Waals surface area contributed by atoms with Gasteiger partial charge in [-0.15, -0.1) is 0 Å². The van der Waals surface area contributed by atoms with Crippen LogP contribution < -0.4 is 10.1 Å². The Labute approximate surface area is 136 Å². The van der Waals surface area contributed by atoms with E-state index in [1.807, 2.05) is 6.07 Å². The lowest BCUT2D eigenvalue weighted by atomic mass is 9.80. The summed E-state index contributed by atoms with van der Waals surface area (Å²) in [5, 5.41) is 4.53. The fourth-order valence-corrected chi connectivity index (χ4v) is 4.40. The van der Waals surface area contributed by atoms with Crippen molar-refractivity contribution in [3.05, 3.63) is 64.2 Å². The first kappa shape index (κ1) is 14.1.